The van der Waals surface area contributed by atoms with Crippen LogP contribution in [0.2, 0.25) is 0 Å². The van der Waals surface area contributed by atoms with Crippen molar-refractivity contribution in [3.05, 3.63) is 35.9 Å². The Kier molecular flexibility index (Phi) is 8.95. The fourth-order valence-electron chi connectivity index (χ4n) is 3.40. The normalized spacial score (nSPS) is 15.6. The zero-order chi connectivity index (χ0) is 22.0. The third-order valence-electron chi connectivity index (χ3n) is 4.80. The van der Waals surface area contributed by atoms with Crippen LogP contribution in [0, 0.1) is 5.92 Å². The van der Waals surface area contributed by atoms with Gasteiger partial charge >= 0.3 is 12.2 Å². The van der Waals surface area contributed by atoms with E-state index in [1.54, 1.807) is 20.8 Å². The first-order valence-electron chi connectivity index (χ1n) is 10.5. The molecule has 1 aliphatic carbocycles. The molecule has 0 spiro atoms. The van der Waals surface area contributed by atoms with Crippen LogP contribution < -0.4 is 16.2 Å². The van der Waals surface area contributed by atoms with Gasteiger partial charge in [-0.3, -0.25) is 10.2 Å². The number of alkyl carbamates (subject to hydrolysis) is 1. The molecular weight excluding hydrogens is 386 g/mol. The minimum Gasteiger partial charge on any atom is -0.444 e. The lowest BCUT2D eigenvalue weighted by atomic mass is 9.84. The van der Waals surface area contributed by atoms with Crippen molar-refractivity contribution < 1.29 is 23.9 Å². The van der Waals surface area contributed by atoms with Crippen LogP contribution in [-0.2, 0) is 20.9 Å². The van der Waals surface area contributed by atoms with Gasteiger partial charge in [-0.15, -0.1) is 0 Å². The molecule has 1 fully saturated rings. The van der Waals surface area contributed by atoms with Crippen LogP contribution in [0.5, 0.6) is 0 Å². The van der Waals surface area contributed by atoms with Gasteiger partial charge in [0.2, 0.25) is 0 Å². The highest BCUT2D eigenvalue weighted by molar-refractivity contribution is 5.86. The molecule has 0 heterocycles. The van der Waals surface area contributed by atoms with Crippen molar-refractivity contribution in [3.63, 3.8) is 0 Å². The molecule has 1 unspecified atom stereocenters. The number of nitrogens with one attached hydrogen (secondary N) is 3. The van der Waals surface area contributed by atoms with E-state index in [1.807, 2.05) is 30.3 Å². The number of hydrogen-bond acceptors (Lipinski definition) is 5. The van der Waals surface area contributed by atoms with Crippen molar-refractivity contribution in [1.82, 2.24) is 16.2 Å². The molecule has 166 valence electrons. The van der Waals surface area contributed by atoms with Gasteiger partial charge in [0.25, 0.3) is 5.91 Å². The SMILES string of the molecule is CC(C)(C)OC(=O)NC(CC1CCCCC1)C(=O)NNC(=O)OCc1ccccc1. The molecule has 1 aromatic carbocycles. The summed E-state index contributed by atoms with van der Waals surface area (Å²) in [7, 11) is 0. The Balaban J connectivity index is 1.86. The fourth-order valence-corrected chi connectivity index (χ4v) is 3.40. The summed E-state index contributed by atoms with van der Waals surface area (Å²) in [6, 6.07) is 8.41. The molecular formula is C22H33N3O5. The van der Waals surface area contributed by atoms with Gasteiger partial charge in [-0.1, -0.05) is 62.4 Å². The molecule has 3 amide bonds. The van der Waals surface area contributed by atoms with Gasteiger partial charge in [-0.05, 0) is 38.7 Å². The van der Waals surface area contributed by atoms with Crippen LogP contribution in [0.1, 0.15) is 64.9 Å². The number of hydrogen-bond donors (Lipinski definition) is 3. The predicted octanol–water partition coefficient (Wildman–Crippen LogP) is 3.81. The van der Waals surface area contributed by atoms with E-state index in [2.05, 4.69) is 16.2 Å². The molecule has 1 atom stereocenters. The smallest absolute Gasteiger partial charge is 0.426 e. The second-order valence-electron chi connectivity index (χ2n) is 8.61. The lowest BCUT2D eigenvalue weighted by Gasteiger charge is -2.27. The Hall–Kier alpha value is -2.77. The highest BCUT2D eigenvalue weighted by Gasteiger charge is 2.28. The number of carbonyl (C=O) groups excluding carboxylic acids is 3. The van der Waals surface area contributed by atoms with Crippen LogP contribution in [0.15, 0.2) is 30.3 Å². The zero-order valence-corrected chi connectivity index (χ0v) is 18.0. The summed E-state index contributed by atoms with van der Waals surface area (Å²) in [4.78, 5) is 36.7. The lowest BCUT2D eigenvalue weighted by molar-refractivity contribution is -0.124. The first-order chi connectivity index (χ1) is 14.2. The Morgan fingerprint density at radius 1 is 1.00 bits per heavy atom. The van der Waals surface area contributed by atoms with Gasteiger partial charge in [-0.2, -0.15) is 0 Å². The minimum absolute atomic E-state index is 0.0875. The molecule has 8 heteroatoms. The fraction of sp³-hybridized carbons (Fsp3) is 0.591. The quantitative estimate of drug-likeness (QED) is 0.608. The zero-order valence-electron chi connectivity index (χ0n) is 18.0. The van der Waals surface area contributed by atoms with Crippen LogP contribution in [0.3, 0.4) is 0 Å². The van der Waals surface area contributed by atoms with E-state index in [0.29, 0.717) is 12.3 Å². The average Bonchev–Trinajstić information content (AvgIpc) is 2.70. The standard InChI is InChI=1S/C22H33N3O5/c1-22(2,3)30-20(27)23-18(14-16-10-6-4-7-11-16)19(26)24-25-21(28)29-15-17-12-8-5-9-13-17/h5,8-9,12-13,16,18H,4,6-7,10-11,14-15H2,1-3H3,(H,23,27)(H,24,26)(H,25,28). The van der Waals surface area contributed by atoms with Crippen LogP contribution in [0.25, 0.3) is 0 Å². The largest absolute Gasteiger partial charge is 0.444 e. The molecule has 3 N–H and O–H groups in total. The highest BCUT2D eigenvalue weighted by Crippen LogP contribution is 2.27. The molecule has 0 aliphatic heterocycles. The summed E-state index contributed by atoms with van der Waals surface area (Å²) < 4.78 is 10.4. The molecule has 0 bridgehead atoms. The van der Waals surface area contributed by atoms with Crippen molar-refractivity contribution in [1.29, 1.82) is 0 Å². The van der Waals surface area contributed by atoms with Crippen molar-refractivity contribution in [2.45, 2.75) is 77.5 Å². The topological polar surface area (TPSA) is 106 Å². The third kappa shape index (κ3) is 9.15. The minimum atomic E-state index is -0.808. The molecule has 8 nitrogen and oxygen atoms in total. The lowest BCUT2D eigenvalue weighted by Crippen LogP contribution is -2.53. The predicted molar refractivity (Wildman–Crippen MR) is 112 cm³/mol. The Morgan fingerprint density at radius 3 is 2.30 bits per heavy atom. The van der Waals surface area contributed by atoms with Crippen LogP contribution >= 0.6 is 0 Å². The monoisotopic (exact) mass is 419 g/mol. The molecule has 1 aliphatic rings. The van der Waals surface area contributed by atoms with Gasteiger partial charge in [0, 0.05) is 0 Å². The first kappa shape index (κ1) is 23.5. The van der Waals surface area contributed by atoms with E-state index >= 15 is 0 Å². The van der Waals surface area contributed by atoms with Gasteiger partial charge in [0.05, 0.1) is 0 Å². The molecule has 0 radical (unpaired) electrons. The van der Waals surface area contributed by atoms with Crippen molar-refractivity contribution in [2.75, 3.05) is 0 Å². The second kappa shape index (κ2) is 11.4. The average molecular weight is 420 g/mol. The molecule has 0 aromatic heterocycles. The van der Waals surface area contributed by atoms with Crippen LogP contribution in [-0.4, -0.2) is 29.7 Å². The van der Waals surface area contributed by atoms with Gasteiger partial charge in [0.1, 0.15) is 18.2 Å². The van der Waals surface area contributed by atoms with E-state index < -0.39 is 29.7 Å². The summed E-state index contributed by atoms with van der Waals surface area (Å²) in [5.74, 6) is -0.169. The van der Waals surface area contributed by atoms with Crippen LogP contribution in [0.4, 0.5) is 9.59 Å². The van der Waals surface area contributed by atoms with Gasteiger partial charge < -0.3 is 14.8 Å². The number of hydrazine groups is 1. The van der Waals surface area contributed by atoms with E-state index in [4.69, 9.17) is 9.47 Å². The Labute approximate surface area is 178 Å². The second-order valence-corrected chi connectivity index (χ2v) is 8.61. The van der Waals surface area contributed by atoms with Crippen molar-refractivity contribution >= 4 is 18.1 Å². The Morgan fingerprint density at radius 2 is 1.67 bits per heavy atom. The van der Waals surface area contributed by atoms with E-state index in [0.717, 1.165) is 31.2 Å². The molecule has 1 saturated carbocycles. The first-order valence-corrected chi connectivity index (χ1v) is 10.5. The summed E-state index contributed by atoms with van der Waals surface area (Å²) in [5.41, 5.74) is 4.74. The van der Waals surface area contributed by atoms with E-state index in [-0.39, 0.29) is 6.61 Å². The van der Waals surface area contributed by atoms with Gasteiger partial charge in [-0.25, -0.2) is 15.0 Å². The van der Waals surface area contributed by atoms with Crippen molar-refractivity contribution in [2.24, 2.45) is 5.92 Å². The summed E-state index contributed by atoms with van der Waals surface area (Å²) in [6.45, 7) is 5.36. The third-order valence-corrected chi connectivity index (χ3v) is 4.80. The highest BCUT2D eigenvalue weighted by atomic mass is 16.6. The maximum atomic E-state index is 12.6. The molecule has 2 rings (SSSR count). The number of ether oxygens (including phenoxy) is 2. The van der Waals surface area contributed by atoms with E-state index in [1.165, 1.54) is 6.42 Å². The van der Waals surface area contributed by atoms with Gasteiger partial charge in [0.15, 0.2) is 0 Å². The molecule has 30 heavy (non-hydrogen) atoms. The van der Waals surface area contributed by atoms with E-state index in [9.17, 15) is 14.4 Å². The number of benzene rings is 1. The summed E-state index contributed by atoms with van der Waals surface area (Å²) in [6.07, 6.45) is 4.53. The number of rotatable bonds is 6. The maximum Gasteiger partial charge on any atom is 0.426 e. The summed E-state index contributed by atoms with van der Waals surface area (Å²) in [5, 5.41) is 2.64. The number of carbonyl (C=O) groups is 3. The molecule has 1 aromatic rings. The summed E-state index contributed by atoms with van der Waals surface area (Å²) >= 11 is 0. The van der Waals surface area contributed by atoms with Crippen molar-refractivity contribution in [3.8, 4) is 0 Å². The molecule has 0 saturated heterocycles. The Bertz CT molecular complexity index is 696. The number of amides is 3. The maximum absolute atomic E-state index is 12.6.